The first-order valence-electron chi connectivity index (χ1n) is 5.75. The van der Waals surface area contributed by atoms with Crippen LogP contribution in [-0.4, -0.2) is 40.2 Å². The van der Waals surface area contributed by atoms with Crippen LogP contribution in [0.3, 0.4) is 0 Å². The molecule has 0 saturated carbocycles. The molecule has 2 heterocycles. The van der Waals surface area contributed by atoms with Crippen molar-refractivity contribution in [2.45, 2.75) is 19.9 Å². The Hall–Kier alpha value is -1.07. The fourth-order valence-corrected chi connectivity index (χ4v) is 2.31. The zero-order valence-corrected chi connectivity index (χ0v) is 10.9. The first-order chi connectivity index (χ1) is 8.08. The van der Waals surface area contributed by atoms with E-state index in [4.69, 9.17) is 11.6 Å². The van der Waals surface area contributed by atoms with Crippen molar-refractivity contribution >= 4 is 17.5 Å². The normalized spacial score (nSPS) is 17.9. The Kier molecular flexibility index (Phi) is 3.69. The lowest BCUT2D eigenvalue weighted by molar-refractivity contribution is -0.121. The number of aromatic nitrogens is 2. The van der Waals surface area contributed by atoms with Gasteiger partial charge in [0.1, 0.15) is 5.15 Å². The predicted molar refractivity (Wildman–Crippen MR) is 65.9 cm³/mol. The zero-order valence-electron chi connectivity index (χ0n) is 10.2. The van der Waals surface area contributed by atoms with Crippen molar-refractivity contribution in [3.05, 3.63) is 16.4 Å². The van der Waals surface area contributed by atoms with Crippen LogP contribution in [0.1, 0.15) is 17.7 Å². The van der Waals surface area contributed by atoms with Crippen LogP contribution in [0.2, 0.25) is 5.15 Å². The molecule has 1 aromatic heterocycles. The van der Waals surface area contributed by atoms with Gasteiger partial charge in [-0.2, -0.15) is 5.10 Å². The molecule has 6 heteroatoms. The number of halogens is 1. The number of hydrogen-bond acceptors (Lipinski definition) is 3. The van der Waals surface area contributed by atoms with Gasteiger partial charge in [0, 0.05) is 32.2 Å². The van der Waals surface area contributed by atoms with Crippen LogP contribution in [0, 0.1) is 6.92 Å². The van der Waals surface area contributed by atoms with E-state index in [1.54, 1.807) is 4.68 Å². The summed E-state index contributed by atoms with van der Waals surface area (Å²) in [5.41, 5.74) is 1.95. The molecular formula is C11H17ClN4O. The van der Waals surface area contributed by atoms with Gasteiger partial charge < -0.3 is 5.32 Å². The average Bonchev–Trinajstić information content (AvgIpc) is 2.46. The van der Waals surface area contributed by atoms with Crippen LogP contribution in [0.5, 0.6) is 0 Å². The maximum atomic E-state index is 11.5. The molecule has 0 radical (unpaired) electrons. The van der Waals surface area contributed by atoms with Crippen LogP contribution < -0.4 is 5.32 Å². The Morgan fingerprint density at radius 3 is 2.94 bits per heavy atom. The van der Waals surface area contributed by atoms with E-state index in [9.17, 15) is 4.79 Å². The van der Waals surface area contributed by atoms with Crippen molar-refractivity contribution in [1.29, 1.82) is 0 Å². The number of nitrogens with one attached hydrogen (secondary N) is 1. The lowest BCUT2D eigenvalue weighted by Crippen LogP contribution is -2.32. The largest absolute Gasteiger partial charge is 0.355 e. The molecule has 0 spiro atoms. The molecule has 1 aromatic rings. The number of amides is 1. The number of carbonyl (C=O) groups is 1. The SMILES string of the molecule is Cc1nn(C)c(Cl)c1CN1CCCNC(=O)C1. The van der Waals surface area contributed by atoms with Gasteiger partial charge in [-0.3, -0.25) is 14.4 Å². The first kappa shape index (κ1) is 12.4. The molecule has 1 saturated heterocycles. The van der Waals surface area contributed by atoms with Gasteiger partial charge in [0.05, 0.1) is 12.2 Å². The number of nitrogens with zero attached hydrogens (tertiary/aromatic N) is 3. The third kappa shape index (κ3) is 2.79. The van der Waals surface area contributed by atoms with Crippen molar-refractivity contribution in [2.24, 2.45) is 7.05 Å². The molecule has 0 aromatic carbocycles. The standard InChI is InChI=1S/C11H17ClN4O/c1-8-9(11(12)15(2)14-8)6-16-5-3-4-13-10(17)7-16/h3-7H2,1-2H3,(H,13,17). The molecule has 1 aliphatic heterocycles. The number of hydrogen-bond donors (Lipinski definition) is 1. The van der Waals surface area contributed by atoms with Gasteiger partial charge >= 0.3 is 0 Å². The maximum Gasteiger partial charge on any atom is 0.234 e. The second-order valence-electron chi connectivity index (χ2n) is 4.39. The van der Waals surface area contributed by atoms with Gasteiger partial charge in [0.15, 0.2) is 0 Å². The third-order valence-corrected chi connectivity index (χ3v) is 3.46. The van der Waals surface area contributed by atoms with E-state index in [0.717, 1.165) is 30.8 Å². The van der Waals surface area contributed by atoms with Gasteiger partial charge in [-0.15, -0.1) is 0 Å². The van der Waals surface area contributed by atoms with Crippen LogP contribution in [0.25, 0.3) is 0 Å². The van der Waals surface area contributed by atoms with Crippen LogP contribution in [0.4, 0.5) is 0 Å². The lowest BCUT2D eigenvalue weighted by atomic mass is 10.2. The molecule has 17 heavy (non-hydrogen) atoms. The Bertz CT molecular complexity index is 429. The molecule has 1 fully saturated rings. The van der Waals surface area contributed by atoms with E-state index >= 15 is 0 Å². The fraction of sp³-hybridized carbons (Fsp3) is 0.636. The zero-order chi connectivity index (χ0) is 12.4. The summed E-state index contributed by atoms with van der Waals surface area (Å²) in [7, 11) is 1.83. The lowest BCUT2D eigenvalue weighted by Gasteiger charge is -2.18. The molecule has 1 amide bonds. The fourth-order valence-electron chi connectivity index (χ4n) is 2.08. The van der Waals surface area contributed by atoms with Gasteiger partial charge in [-0.25, -0.2) is 0 Å². The minimum atomic E-state index is 0.0835. The van der Waals surface area contributed by atoms with Crippen LogP contribution in [0.15, 0.2) is 0 Å². The quantitative estimate of drug-likeness (QED) is 0.848. The Morgan fingerprint density at radius 2 is 2.29 bits per heavy atom. The molecule has 1 N–H and O–H groups in total. The Balaban J connectivity index is 2.11. The molecule has 1 aliphatic rings. The average molecular weight is 257 g/mol. The monoisotopic (exact) mass is 256 g/mol. The maximum absolute atomic E-state index is 11.5. The van der Waals surface area contributed by atoms with E-state index in [0.29, 0.717) is 18.2 Å². The second-order valence-corrected chi connectivity index (χ2v) is 4.75. The third-order valence-electron chi connectivity index (χ3n) is 2.99. The highest BCUT2D eigenvalue weighted by molar-refractivity contribution is 6.30. The Morgan fingerprint density at radius 1 is 1.53 bits per heavy atom. The number of carbonyl (C=O) groups excluding carboxylic acids is 1. The van der Waals surface area contributed by atoms with Crippen molar-refractivity contribution in [2.75, 3.05) is 19.6 Å². The van der Waals surface area contributed by atoms with E-state index in [1.807, 2.05) is 14.0 Å². The van der Waals surface area contributed by atoms with Crippen molar-refractivity contribution in [3.8, 4) is 0 Å². The predicted octanol–water partition coefficient (Wildman–Crippen LogP) is 0.704. The van der Waals surface area contributed by atoms with E-state index in [2.05, 4.69) is 15.3 Å². The summed E-state index contributed by atoms with van der Waals surface area (Å²) in [5, 5.41) is 7.80. The molecule has 0 atom stereocenters. The van der Waals surface area contributed by atoms with Gasteiger partial charge in [0.2, 0.25) is 5.91 Å². The van der Waals surface area contributed by atoms with Gasteiger partial charge in [-0.1, -0.05) is 11.6 Å². The summed E-state index contributed by atoms with van der Waals surface area (Å²) in [6, 6.07) is 0. The number of rotatable bonds is 2. The summed E-state index contributed by atoms with van der Waals surface area (Å²) in [4.78, 5) is 13.6. The van der Waals surface area contributed by atoms with Gasteiger partial charge in [0.25, 0.3) is 0 Å². The number of aryl methyl sites for hydroxylation is 2. The summed E-state index contributed by atoms with van der Waals surface area (Å²) >= 11 is 6.18. The minimum absolute atomic E-state index is 0.0835. The highest BCUT2D eigenvalue weighted by Gasteiger charge is 2.19. The van der Waals surface area contributed by atoms with Crippen LogP contribution in [-0.2, 0) is 18.4 Å². The van der Waals surface area contributed by atoms with E-state index in [1.165, 1.54) is 0 Å². The highest BCUT2D eigenvalue weighted by Crippen LogP contribution is 2.20. The van der Waals surface area contributed by atoms with Crippen LogP contribution >= 0.6 is 11.6 Å². The molecule has 0 bridgehead atoms. The molecule has 0 aliphatic carbocycles. The second kappa shape index (κ2) is 5.06. The minimum Gasteiger partial charge on any atom is -0.355 e. The van der Waals surface area contributed by atoms with Crippen molar-refractivity contribution in [1.82, 2.24) is 20.0 Å². The molecular weight excluding hydrogens is 240 g/mol. The van der Waals surface area contributed by atoms with E-state index in [-0.39, 0.29) is 5.91 Å². The molecule has 5 nitrogen and oxygen atoms in total. The van der Waals surface area contributed by atoms with Crippen molar-refractivity contribution in [3.63, 3.8) is 0 Å². The van der Waals surface area contributed by atoms with Gasteiger partial charge in [-0.05, 0) is 13.3 Å². The van der Waals surface area contributed by atoms with Crippen molar-refractivity contribution < 1.29 is 4.79 Å². The smallest absolute Gasteiger partial charge is 0.234 e. The summed E-state index contributed by atoms with van der Waals surface area (Å²) < 4.78 is 1.67. The summed E-state index contributed by atoms with van der Waals surface area (Å²) in [6.07, 6.45) is 0.975. The molecule has 2 rings (SSSR count). The highest BCUT2D eigenvalue weighted by atomic mass is 35.5. The summed E-state index contributed by atoms with van der Waals surface area (Å²) in [5.74, 6) is 0.0835. The molecule has 94 valence electrons. The molecule has 0 unspecified atom stereocenters. The first-order valence-corrected chi connectivity index (χ1v) is 6.12. The Labute approximate surface area is 106 Å². The van der Waals surface area contributed by atoms with E-state index < -0.39 is 0 Å². The topological polar surface area (TPSA) is 50.2 Å². The summed E-state index contributed by atoms with van der Waals surface area (Å²) in [6.45, 7) is 4.73.